The summed E-state index contributed by atoms with van der Waals surface area (Å²) < 4.78 is 41.2. The first-order chi connectivity index (χ1) is 14.9. The Morgan fingerprint density at radius 1 is 1.06 bits per heavy atom. The molecular formula is C24H23FN2O3S. The average molecular weight is 439 g/mol. The zero-order valence-electron chi connectivity index (χ0n) is 17.1. The van der Waals surface area contributed by atoms with Gasteiger partial charge in [0, 0.05) is 18.2 Å². The number of para-hydroxylation sites is 1. The van der Waals surface area contributed by atoms with Crippen LogP contribution in [0.3, 0.4) is 0 Å². The number of hydrogen-bond acceptors (Lipinski definition) is 3. The van der Waals surface area contributed by atoms with Crippen molar-refractivity contribution in [1.29, 1.82) is 0 Å². The molecule has 0 fully saturated rings. The molecule has 0 aromatic heterocycles. The normalized spacial score (nSPS) is 15.5. The standard InChI is InChI=1S/C24H23FN2O3S/c1-17-15-19-5-2-3-8-23(19)27(17)31(29,30)22-7-4-6-20(16-22)24(28)26-14-13-18-9-11-21(25)12-10-18/h2-12,16-17H,13-15H2,1H3,(H,26,28). The first-order valence-electron chi connectivity index (χ1n) is 10.1. The third kappa shape index (κ3) is 4.32. The molecule has 0 saturated heterocycles. The van der Waals surface area contributed by atoms with Crippen LogP contribution < -0.4 is 9.62 Å². The number of rotatable bonds is 6. The number of nitrogens with zero attached hydrogens (tertiary/aromatic N) is 1. The zero-order valence-corrected chi connectivity index (χ0v) is 17.9. The molecular weight excluding hydrogens is 415 g/mol. The number of nitrogens with one attached hydrogen (secondary N) is 1. The summed E-state index contributed by atoms with van der Waals surface area (Å²) in [5.41, 5.74) is 2.86. The lowest BCUT2D eigenvalue weighted by Gasteiger charge is -2.24. The van der Waals surface area contributed by atoms with E-state index >= 15 is 0 Å². The number of hydrogen-bond donors (Lipinski definition) is 1. The molecule has 0 aliphatic carbocycles. The van der Waals surface area contributed by atoms with E-state index in [-0.39, 0.29) is 28.2 Å². The second-order valence-electron chi connectivity index (χ2n) is 7.64. The van der Waals surface area contributed by atoms with Gasteiger partial charge in [0.2, 0.25) is 0 Å². The van der Waals surface area contributed by atoms with Crippen LogP contribution in [0.5, 0.6) is 0 Å². The summed E-state index contributed by atoms with van der Waals surface area (Å²) in [5.74, 6) is -0.658. The third-order valence-electron chi connectivity index (χ3n) is 5.41. The van der Waals surface area contributed by atoms with Gasteiger partial charge in [0.05, 0.1) is 10.6 Å². The van der Waals surface area contributed by atoms with Gasteiger partial charge in [0.1, 0.15) is 5.82 Å². The number of amides is 1. The van der Waals surface area contributed by atoms with Gasteiger partial charge in [-0.1, -0.05) is 36.4 Å². The summed E-state index contributed by atoms with van der Waals surface area (Å²) in [7, 11) is -3.81. The van der Waals surface area contributed by atoms with Gasteiger partial charge >= 0.3 is 0 Å². The number of anilines is 1. The van der Waals surface area contributed by atoms with Gasteiger partial charge < -0.3 is 5.32 Å². The predicted molar refractivity (Wildman–Crippen MR) is 118 cm³/mol. The smallest absolute Gasteiger partial charge is 0.264 e. The molecule has 5 nitrogen and oxygen atoms in total. The maximum absolute atomic E-state index is 13.4. The van der Waals surface area contributed by atoms with Gasteiger partial charge in [-0.2, -0.15) is 0 Å². The lowest BCUT2D eigenvalue weighted by Crippen LogP contribution is -2.36. The van der Waals surface area contributed by atoms with Crippen molar-refractivity contribution >= 4 is 21.6 Å². The topological polar surface area (TPSA) is 66.5 Å². The highest BCUT2D eigenvalue weighted by Gasteiger charge is 2.36. The van der Waals surface area contributed by atoms with Crippen LogP contribution in [0.1, 0.15) is 28.4 Å². The van der Waals surface area contributed by atoms with E-state index in [1.54, 1.807) is 24.3 Å². The van der Waals surface area contributed by atoms with Crippen molar-refractivity contribution in [3.8, 4) is 0 Å². The van der Waals surface area contributed by atoms with E-state index in [1.807, 2.05) is 31.2 Å². The molecule has 3 aromatic rings. The van der Waals surface area contributed by atoms with Crippen LogP contribution >= 0.6 is 0 Å². The van der Waals surface area contributed by atoms with Gasteiger partial charge in [0.15, 0.2) is 0 Å². The number of benzene rings is 3. The van der Waals surface area contributed by atoms with E-state index in [0.29, 0.717) is 25.1 Å². The first-order valence-corrected chi connectivity index (χ1v) is 11.6. The molecule has 31 heavy (non-hydrogen) atoms. The number of fused-ring (bicyclic) bond motifs is 1. The van der Waals surface area contributed by atoms with Crippen LogP contribution in [0.4, 0.5) is 10.1 Å². The van der Waals surface area contributed by atoms with Crippen LogP contribution in [0, 0.1) is 5.82 Å². The summed E-state index contributed by atoms with van der Waals surface area (Å²) in [6.07, 6.45) is 1.20. The molecule has 0 radical (unpaired) electrons. The van der Waals surface area contributed by atoms with Gasteiger partial charge in [-0.3, -0.25) is 9.10 Å². The fourth-order valence-corrected chi connectivity index (χ4v) is 5.63. The molecule has 1 aliphatic heterocycles. The molecule has 1 unspecified atom stereocenters. The highest BCUT2D eigenvalue weighted by atomic mass is 32.2. The maximum Gasteiger partial charge on any atom is 0.264 e. The molecule has 0 saturated carbocycles. The van der Waals surface area contributed by atoms with Crippen molar-refractivity contribution in [3.05, 3.63) is 95.3 Å². The SMILES string of the molecule is CC1Cc2ccccc2N1S(=O)(=O)c1cccc(C(=O)NCCc2ccc(F)cc2)c1. The Balaban J connectivity index is 1.50. The van der Waals surface area contributed by atoms with E-state index in [2.05, 4.69) is 5.32 Å². The van der Waals surface area contributed by atoms with Gasteiger partial charge in [-0.25, -0.2) is 12.8 Å². The highest BCUT2D eigenvalue weighted by molar-refractivity contribution is 7.92. The summed E-state index contributed by atoms with van der Waals surface area (Å²) in [4.78, 5) is 12.7. The molecule has 1 amide bonds. The Morgan fingerprint density at radius 2 is 1.81 bits per heavy atom. The number of carbonyl (C=O) groups is 1. The lowest BCUT2D eigenvalue weighted by atomic mass is 10.1. The minimum Gasteiger partial charge on any atom is -0.352 e. The third-order valence-corrected chi connectivity index (χ3v) is 7.33. The Morgan fingerprint density at radius 3 is 2.58 bits per heavy atom. The van der Waals surface area contributed by atoms with Gasteiger partial charge in [0.25, 0.3) is 15.9 Å². The van der Waals surface area contributed by atoms with Crippen LogP contribution in [0.25, 0.3) is 0 Å². The number of sulfonamides is 1. The second kappa shape index (κ2) is 8.51. The Labute approximate surface area is 181 Å². The molecule has 7 heteroatoms. The average Bonchev–Trinajstić information content (AvgIpc) is 3.11. The molecule has 0 bridgehead atoms. The van der Waals surface area contributed by atoms with E-state index < -0.39 is 10.0 Å². The molecule has 160 valence electrons. The largest absolute Gasteiger partial charge is 0.352 e. The second-order valence-corrected chi connectivity index (χ2v) is 9.46. The molecule has 1 aliphatic rings. The quantitative estimate of drug-likeness (QED) is 0.634. The monoisotopic (exact) mass is 438 g/mol. The molecule has 3 aromatic carbocycles. The van der Waals surface area contributed by atoms with E-state index in [1.165, 1.54) is 28.6 Å². The van der Waals surface area contributed by atoms with Crippen LogP contribution in [0.2, 0.25) is 0 Å². The number of halogens is 1. The van der Waals surface area contributed by atoms with Crippen molar-refractivity contribution in [2.75, 3.05) is 10.8 Å². The van der Waals surface area contributed by atoms with Crippen molar-refractivity contribution in [2.45, 2.75) is 30.7 Å². The minimum absolute atomic E-state index is 0.0854. The van der Waals surface area contributed by atoms with Gasteiger partial charge in [-0.15, -0.1) is 0 Å². The molecule has 1 N–H and O–H groups in total. The Hall–Kier alpha value is -3.19. The highest BCUT2D eigenvalue weighted by Crippen LogP contribution is 2.36. The number of carbonyl (C=O) groups excluding carboxylic acids is 1. The van der Waals surface area contributed by atoms with Crippen molar-refractivity contribution in [1.82, 2.24) is 5.32 Å². The molecule has 4 rings (SSSR count). The predicted octanol–water partition coefficient (Wildman–Crippen LogP) is 3.94. The van der Waals surface area contributed by atoms with Crippen molar-refractivity contribution < 1.29 is 17.6 Å². The van der Waals surface area contributed by atoms with Crippen LogP contribution in [0.15, 0.2) is 77.7 Å². The summed E-state index contributed by atoms with van der Waals surface area (Å²) in [6, 6.07) is 19.5. The van der Waals surface area contributed by atoms with E-state index in [4.69, 9.17) is 0 Å². The first kappa shape index (κ1) is 21.1. The van der Waals surface area contributed by atoms with E-state index in [9.17, 15) is 17.6 Å². The minimum atomic E-state index is -3.81. The van der Waals surface area contributed by atoms with Gasteiger partial charge in [-0.05, 0) is 67.3 Å². The maximum atomic E-state index is 13.4. The van der Waals surface area contributed by atoms with Crippen molar-refractivity contribution in [3.63, 3.8) is 0 Å². The zero-order chi connectivity index (χ0) is 22.0. The fourth-order valence-electron chi connectivity index (χ4n) is 3.89. The summed E-state index contributed by atoms with van der Waals surface area (Å²) in [5, 5.41) is 2.79. The molecule has 0 spiro atoms. The summed E-state index contributed by atoms with van der Waals surface area (Å²) in [6.45, 7) is 2.24. The van der Waals surface area contributed by atoms with Crippen LogP contribution in [-0.4, -0.2) is 26.9 Å². The van der Waals surface area contributed by atoms with E-state index in [0.717, 1.165) is 11.1 Å². The van der Waals surface area contributed by atoms with Crippen LogP contribution in [-0.2, 0) is 22.9 Å². The Bertz CT molecular complexity index is 1210. The lowest BCUT2D eigenvalue weighted by molar-refractivity contribution is 0.0954. The fraction of sp³-hybridized carbons (Fsp3) is 0.208. The summed E-state index contributed by atoms with van der Waals surface area (Å²) >= 11 is 0. The Kier molecular flexibility index (Phi) is 5.78. The van der Waals surface area contributed by atoms with Crippen molar-refractivity contribution in [2.24, 2.45) is 0 Å². The molecule has 1 atom stereocenters. The molecule has 1 heterocycles.